The number of hydrogen-bond donors (Lipinski definition) is 0. The Bertz CT molecular complexity index is 1140. The highest BCUT2D eigenvalue weighted by Crippen LogP contribution is 2.32. The Morgan fingerprint density at radius 1 is 1.10 bits per heavy atom. The van der Waals surface area contributed by atoms with Crippen molar-refractivity contribution >= 4 is 44.9 Å². The molecule has 0 unspecified atom stereocenters. The fraction of sp³-hybridized carbons (Fsp3) is 0.0952. The van der Waals surface area contributed by atoms with Crippen molar-refractivity contribution in [2.45, 2.75) is 13.8 Å². The Morgan fingerprint density at radius 3 is 2.38 bits per heavy atom. The van der Waals surface area contributed by atoms with Gasteiger partial charge in [0.25, 0.3) is 0 Å². The van der Waals surface area contributed by atoms with Gasteiger partial charge in [-0.05, 0) is 62.4 Å². The first kappa shape index (κ1) is 20.6. The van der Waals surface area contributed by atoms with Crippen LogP contribution in [0.2, 0.25) is 5.02 Å². The summed E-state index contributed by atoms with van der Waals surface area (Å²) in [4.78, 5) is 16.6. The van der Waals surface area contributed by atoms with E-state index in [0.29, 0.717) is 33.2 Å². The maximum atomic E-state index is 12.4. The molecule has 0 saturated carbocycles. The smallest absolute Gasteiger partial charge is 0.344 e. The number of aromatic nitrogens is 1. The van der Waals surface area contributed by atoms with Gasteiger partial charge in [0.1, 0.15) is 17.3 Å². The third-order valence-corrected chi connectivity index (χ3v) is 4.81. The highest BCUT2D eigenvalue weighted by molar-refractivity contribution is 9.10. The van der Waals surface area contributed by atoms with Crippen LogP contribution in [0.25, 0.3) is 0 Å². The number of ether oxygens (including phenoxy) is 1. The highest BCUT2D eigenvalue weighted by Gasteiger charge is 2.19. The maximum absolute atomic E-state index is 12.4. The van der Waals surface area contributed by atoms with Gasteiger partial charge in [-0.2, -0.15) is 10.4 Å². The number of esters is 1. The minimum atomic E-state index is -0.631. The maximum Gasteiger partial charge on any atom is 0.344 e. The molecule has 0 aliphatic heterocycles. The van der Waals surface area contributed by atoms with Gasteiger partial charge in [-0.3, -0.25) is 0 Å². The van der Waals surface area contributed by atoms with Crippen LogP contribution in [0.4, 0.5) is 11.4 Å². The molecule has 1 heterocycles. The van der Waals surface area contributed by atoms with Crippen LogP contribution in [0, 0.1) is 25.2 Å². The van der Waals surface area contributed by atoms with Gasteiger partial charge in [0, 0.05) is 15.1 Å². The van der Waals surface area contributed by atoms with Crippen molar-refractivity contribution in [3.63, 3.8) is 0 Å². The van der Waals surface area contributed by atoms with Crippen LogP contribution in [0.3, 0.4) is 0 Å². The molecule has 0 bridgehead atoms. The van der Waals surface area contributed by atoms with Crippen LogP contribution in [0.5, 0.6) is 5.88 Å². The number of azo groups is 1. The number of hydrogen-bond acceptors (Lipinski definition) is 6. The molecule has 0 N–H and O–H groups in total. The lowest BCUT2D eigenvalue weighted by Gasteiger charge is -2.11. The van der Waals surface area contributed by atoms with Gasteiger partial charge in [-0.25, -0.2) is 9.78 Å². The lowest BCUT2D eigenvalue weighted by atomic mass is 10.1. The SMILES string of the molecule is Cc1nc(OC(=O)c2ccc(Cl)cc2)c(C#N)c(C)c1N=Nc1ccc(Br)cc1. The topological polar surface area (TPSA) is 87.7 Å². The molecule has 3 rings (SSSR count). The third-order valence-electron chi connectivity index (χ3n) is 4.03. The molecule has 144 valence electrons. The summed E-state index contributed by atoms with van der Waals surface area (Å²) in [5.74, 6) is -0.696. The number of nitriles is 1. The lowest BCUT2D eigenvalue weighted by Crippen LogP contribution is -2.11. The first-order valence-electron chi connectivity index (χ1n) is 8.45. The Labute approximate surface area is 181 Å². The Morgan fingerprint density at radius 2 is 1.76 bits per heavy atom. The van der Waals surface area contributed by atoms with E-state index in [1.165, 1.54) is 12.1 Å². The predicted octanol–water partition coefficient (Wildman–Crippen LogP) is 6.62. The van der Waals surface area contributed by atoms with Crippen molar-refractivity contribution in [1.82, 2.24) is 4.98 Å². The highest BCUT2D eigenvalue weighted by atomic mass is 79.9. The molecule has 0 spiro atoms. The molecular formula is C21H14BrClN4O2. The van der Waals surface area contributed by atoms with Crippen LogP contribution < -0.4 is 4.74 Å². The molecule has 2 aromatic carbocycles. The monoisotopic (exact) mass is 468 g/mol. The average molecular weight is 470 g/mol. The zero-order chi connectivity index (χ0) is 21.0. The van der Waals surface area contributed by atoms with Crippen molar-refractivity contribution in [3.05, 3.63) is 80.4 Å². The molecule has 29 heavy (non-hydrogen) atoms. The minimum Gasteiger partial charge on any atom is -0.402 e. The fourth-order valence-corrected chi connectivity index (χ4v) is 2.90. The van der Waals surface area contributed by atoms with Crippen molar-refractivity contribution in [2.24, 2.45) is 10.2 Å². The molecule has 0 fully saturated rings. The van der Waals surface area contributed by atoms with E-state index in [-0.39, 0.29) is 11.4 Å². The second-order valence-corrected chi connectivity index (χ2v) is 7.39. The Hall–Kier alpha value is -3.08. The molecule has 0 amide bonds. The van der Waals surface area contributed by atoms with Crippen molar-refractivity contribution in [2.75, 3.05) is 0 Å². The molecule has 1 aromatic heterocycles. The molecule has 3 aromatic rings. The van der Waals surface area contributed by atoms with E-state index in [0.717, 1.165) is 4.47 Å². The van der Waals surface area contributed by atoms with Crippen LogP contribution in [0.15, 0.2) is 63.2 Å². The van der Waals surface area contributed by atoms with Crippen molar-refractivity contribution in [3.8, 4) is 11.9 Å². The number of carbonyl (C=O) groups excluding carboxylic acids is 1. The summed E-state index contributed by atoms with van der Waals surface area (Å²) in [6, 6.07) is 15.6. The van der Waals surface area contributed by atoms with E-state index in [2.05, 4.69) is 31.1 Å². The molecular weight excluding hydrogens is 456 g/mol. The van der Waals surface area contributed by atoms with E-state index >= 15 is 0 Å². The van der Waals surface area contributed by atoms with Crippen LogP contribution in [-0.2, 0) is 0 Å². The molecule has 8 heteroatoms. The number of benzene rings is 2. The zero-order valence-electron chi connectivity index (χ0n) is 15.5. The van der Waals surface area contributed by atoms with E-state index < -0.39 is 5.97 Å². The predicted molar refractivity (Wildman–Crippen MR) is 113 cm³/mol. The Kier molecular flexibility index (Phi) is 6.37. The first-order valence-corrected chi connectivity index (χ1v) is 9.62. The van der Waals surface area contributed by atoms with Gasteiger partial charge >= 0.3 is 5.97 Å². The van der Waals surface area contributed by atoms with Crippen LogP contribution in [-0.4, -0.2) is 11.0 Å². The van der Waals surface area contributed by atoms with E-state index in [9.17, 15) is 10.1 Å². The molecule has 0 aliphatic carbocycles. The average Bonchev–Trinajstić information content (AvgIpc) is 2.69. The van der Waals surface area contributed by atoms with E-state index in [4.69, 9.17) is 16.3 Å². The van der Waals surface area contributed by atoms with Gasteiger partial charge in [0.2, 0.25) is 5.88 Å². The largest absolute Gasteiger partial charge is 0.402 e. The quantitative estimate of drug-likeness (QED) is 0.317. The van der Waals surface area contributed by atoms with Crippen LogP contribution >= 0.6 is 27.5 Å². The fourth-order valence-electron chi connectivity index (χ4n) is 2.51. The number of pyridine rings is 1. The molecule has 0 saturated heterocycles. The molecule has 6 nitrogen and oxygen atoms in total. The number of carbonyl (C=O) groups is 1. The normalized spacial score (nSPS) is 10.7. The Balaban J connectivity index is 1.92. The molecule has 0 aliphatic rings. The molecule has 0 atom stereocenters. The van der Waals surface area contributed by atoms with Crippen LogP contribution in [0.1, 0.15) is 27.2 Å². The van der Waals surface area contributed by atoms with Gasteiger partial charge in [-0.15, -0.1) is 5.11 Å². The molecule has 0 radical (unpaired) electrons. The van der Waals surface area contributed by atoms with Gasteiger partial charge < -0.3 is 4.74 Å². The first-order chi connectivity index (χ1) is 13.9. The second-order valence-electron chi connectivity index (χ2n) is 6.04. The summed E-state index contributed by atoms with van der Waals surface area (Å²) in [5.41, 5.74) is 2.55. The zero-order valence-corrected chi connectivity index (χ0v) is 17.8. The third kappa shape index (κ3) is 4.86. The number of nitrogens with zero attached hydrogens (tertiary/aromatic N) is 4. The minimum absolute atomic E-state index is 0.0648. The standard InChI is InChI=1S/C21H14BrClN4O2/c1-12-18(11-24)20(29-21(28)14-3-7-16(23)8-4-14)25-13(2)19(12)27-26-17-9-5-15(22)6-10-17/h3-10H,1-2H3. The number of halogens is 2. The summed E-state index contributed by atoms with van der Waals surface area (Å²) in [7, 11) is 0. The summed E-state index contributed by atoms with van der Waals surface area (Å²) in [5, 5.41) is 18.5. The summed E-state index contributed by atoms with van der Waals surface area (Å²) >= 11 is 9.20. The summed E-state index contributed by atoms with van der Waals surface area (Å²) in [6.45, 7) is 3.42. The second kappa shape index (κ2) is 8.95. The van der Waals surface area contributed by atoms with Gasteiger partial charge in [-0.1, -0.05) is 27.5 Å². The number of rotatable bonds is 4. The number of aryl methyl sites for hydroxylation is 1. The lowest BCUT2D eigenvalue weighted by molar-refractivity contribution is 0.0726. The van der Waals surface area contributed by atoms with E-state index in [1.54, 1.807) is 38.1 Å². The van der Waals surface area contributed by atoms with Gasteiger partial charge in [0.15, 0.2) is 0 Å². The summed E-state index contributed by atoms with van der Waals surface area (Å²) < 4.78 is 6.30. The summed E-state index contributed by atoms with van der Waals surface area (Å²) in [6.07, 6.45) is 0. The van der Waals surface area contributed by atoms with E-state index in [1.807, 2.05) is 18.2 Å². The van der Waals surface area contributed by atoms with Crippen molar-refractivity contribution < 1.29 is 9.53 Å². The van der Waals surface area contributed by atoms with Crippen molar-refractivity contribution in [1.29, 1.82) is 5.26 Å². The van der Waals surface area contributed by atoms with Gasteiger partial charge in [0.05, 0.1) is 16.9 Å².